The Morgan fingerprint density at radius 3 is 2.73 bits per heavy atom. The van der Waals surface area contributed by atoms with Gasteiger partial charge < -0.3 is 15.8 Å². The lowest BCUT2D eigenvalue weighted by atomic mass is 10.2. The van der Waals surface area contributed by atoms with Gasteiger partial charge in [-0.15, -0.1) is 0 Å². The molecule has 0 spiro atoms. The lowest BCUT2D eigenvalue weighted by Crippen LogP contribution is -2.15. The Morgan fingerprint density at radius 1 is 1.33 bits per heavy atom. The highest BCUT2D eigenvalue weighted by Gasteiger charge is 2.09. The number of hydrogen-bond acceptors (Lipinski definition) is 3. The molecule has 1 unspecified atom stereocenters. The maximum absolute atomic E-state index is 8.88. The summed E-state index contributed by atoms with van der Waals surface area (Å²) in [6.07, 6.45) is 1.72. The van der Waals surface area contributed by atoms with E-state index in [1.807, 2.05) is 30.3 Å². The Morgan fingerprint density at radius 2 is 2.07 bits per heavy atom. The van der Waals surface area contributed by atoms with E-state index in [0.717, 1.165) is 11.3 Å². The zero-order chi connectivity index (χ0) is 10.7. The highest BCUT2D eigenvalue weighted by atomic mass is 16.3. The van der Waals surface area contributed by atoms with Crippen LogP contribution in [0.4, 0.5) is 0 Å². The largest absolute Gasteiger partial charge is 0.394 e. The zero-order valence-corrected chi connectivity index (χ0v) is 8.22. The van der Waals surface area contributed by atoms with E-state index in [0.29, 0.717) is 5.82 Å². The summed E-state index contributed by atoms with van der Waals surface area (Å²) < 4.78 is 0. The van der Waals surface area contributed by atoms with E-state index in [1.54, 1.807) is 6.20 Å². The van der Waals surface area contributed by atoms with Gasteiger partial charge >= 0.3 is 0 Å². The first-order chi connectivity index (χ1) is 7.31. The smallest absolute Gasteiger partial charge is 0.125 e. The van der Waals surface area contributed by atoms with E-state index in [4.69, 9.17) is 10.8 Å². The number of H-pyrrole nitrogens is 1. The van der Waals surface area contributed by atoms with E-state index < -0.39 is 6.04 Å². The molecule has 0 aliphatic carbocycles. The third-order valence-corrected chi connectivity index (χ3v) is 2.23. The number of aromatic amines is 1. The van der Waals surface area contributed by atoms with Gasteiger partial charge in [0.25, 0.3) is 0 Å². The van der Waals surface area contributed by atoms with Crippen molar-refractivity contribution in [2.75, 3.05) is 6.61 Å². The van der Waals surface area contributed by atoms with Crippen molar-refractivity contribution >= 4 is 0 Å². The van der Waals surface area contributed by atoms with Gasteiger partial charge in [-0.3, -0.25) is 0 Å². The average Bonchev–Trinajstić information content (AvgIpc) is 2.78. The van der Waals surface area contributed by atoms with Crippen LogP contribution in [0, 0.1) is 0 Å². The van der Waals surface area contributed by atoms with Crippen LogP contribution in [0.5, 0.6) is 0 Å². The van der Waals surface area contributed by atoms with E-state index in [2.05, 4.69) is 9.97 Å². The van der Waals surface area contributed by atoms with Crippen LogP contribution in [0.2, 0.25) is 0 Å². The fraction of sp³-hybridized carbons (Fsp3) is 0.182. The molecule has 0 amide bonds. The van der Waals surface area contributed by atoms with Crippen LogP contribution in [-0.4, -0.2) is 21.7 Å². The molecule has 0 aliphatic heterocycles. The number of nitrogens with one attached hydrogen (secondary N) is 1. The number of aliphatic hydroxyl groups excluding tert-OH is 1. The molecule has 4 heteroatoms. The number of nitrogens with two attached hydrogens (primary N) is 1. The number of imidazole rings is 1. The Bertz CT molecular complexity index is 424. The molecule has 15 heavy (non-hydrogen) atoms. The molecule has 0 saturated heterocycles. The Balaban J connectivity index is 2.28. The van der Waals surface area contributed by atoms with Gasteiger partial charge in [-0.05, 0) is 5.56 Å². The van der Waals surface area contributed by atoms with Crippen LogP contribution in [0.3, 0.4) is 0 Å². The maximum atomic E-state index is 8.88. The number of hydrogen-bond donors (Lipinski definition) is 3. The molecule has 4 N–H and O–H groups in total. The van der Waals surface area contributed by atoms with Gasteiger partial charge in [0.05, 0.1) is 24.5 Å². The Labute approximate surface area is 87.8 Å². The van der Waals surface area contributed by atoms with Crippen molar-refractivity contribution in [2.45, 2.75) is 6.04 Å². The van der Waals surface area contributed by atoms with E-state index in [9.17, 15) is 0 Å². The first-order valence-corrected chi connectivity index (χ1v) is 4.78. The second kappa shape index (κ2) is 4.25. The van der Waals surface area contributed by atoms with Crippen molar-refractivity contribution in [1.82, 2.24) is 9.97 Å². The lowest BCUT2D eigenvalue weighted by Gasteiger charge is -2.02. The molecule has 78 valence electrons. The fourth-order valence-electron chi connectivity index (χ4n) is 1.38. The highest BCUT2D eigenvalue weighted by Crippen LogP contribution is 2.17. The first-order valence-electron chi connectivity index (χ1n) is 4.78. The number of aliphatic hydroxyl groups is 1. The summed E-state index contributed by atoms with van der Waals surface area (Å²) in [7, 11) is 0. The minimum Gasteiger partial charge on any atom is -0.394 e. The summed E-state index contributed by atoms with van der Waals surface area (Å²) in [5, 5.41) is 8.88. The second-order valence-electron chi connectivity index (χ2n) is 3.34. The highest BCUT2D eigenvalue weighted by molar-refractivity contribution is 5.58. The zero-order valence-electron chi connectivity index (χ0n) is 8.22. The molecule has 0 radical (unpaired) electrons. The maximum Gasteiger partial charge on any atom is 0.125 e. The van der Waals surface area contributed by atoms with Gasteiger partial charge in [0, 0.05) is 0 Å². The molecule has 2 aromatic rings. The summed E-state index contributed by atoms with van der Waals surface area (Å²) in [5.74, 6) is 0.608. The molecule has 1 heterocycles. The summed E-state index contributed by atoms with van der Waals surface area (Å²) in [6, 6.07) is 9.41. The van der Waals surface area contributed by atoms with Crippen LogP contribution in [0.1, 0.15) is 11.9 Å². The average molecular weight is 203 g/mol. The molecule has 1 atom stereocenters. The molecule has 2 rings (SSSR count). The van der Waals surface area contributed by atoms with Crippen molar-refractivity contribution in [3.8, 4) is 11.3 Å². The van der Waals surface area contributed by atoms with Crippen molar-refractivity contribution in [3.05, 3.63) is 42.4 Å². The molecular weight excluding hydrogens is 190 g/mol. The predicted molar refractivity (Wildman–Crippen MR) is 58.0 cm³/mol. The van der Waals surface area contributed by atoms with Crippen LogP contribution in [0.15, 0.2) is 36.5 Å². The van der Waals surface area contributed by atoms with Crippen LogP contribution >= 0.6 is 0 Å². The number of benzene rings is 1. The van der Waals surface area contributed by atoms with Gasteiger partial charge in [0.1, 0.15) is 5.82 Å². The summed E-state index contributed by atoms with van der Waals surface area (Å²) in [6.45, 7) is -0.109. The third-order valence-electron chi connectivity index (χ3n) is 2.23. The standard InChI is InChI=1S/C11H13N3O/c12-9(7-15)11-13-6-10(14-11)8-4-2-1-3-5-8/h1-6,9,15H,7,12H2,(H,13,14). The van der Waals surface area contributed by atoms with Gasteiger partial charge in [-0.25, -0.2) is 4.98 Å². The summed E-state index contributed by atoms with van der Waals surface area (Å²) in [5.41, 5.74) is 7.61. The van der Waals surface area contributed by atoms with Crippen LogP contribution in [0.25, 0.3) is 11.3 Å². The molecule has 4 nitrogen and oxygen atoms in total. The quantitative estimate of drug-likeness (QED) is 0.698. The van der Waals surface area contributed by atoms with Gasteiger partial charge in [0.2, 0.25) is 0 Å². The first kappa shape index (κ1) is 9.89. The van der Waals surface area contributed by atoms with Gasteiger partial charge in [-0.2, -0.15) is 0 Å². The Hall–Kier alpha value is -1.65. The molecular formula is C11H13N3O. The van der Waals surface area contributed by atoms with Crippen molar-refractivity contribution in [1.29, 1.82) is 0 Å². The molecule has 0 bridgehead atoms. The van der Waals surface area contributed by atoms with Gasteiger partial charge in [0.15, 0.2) is 0 Å². The topological polar surface area (TPSA) is 74.9 Å². The Kier molecular flexibility index (Phi) is 2.80. The predicted octanol–water partition coefficient (Wildman–Crippen LogP) is 1.07. The second-order valence-corrected chi connectivity index (χ2v) is 3.34. The van der Waals surface area contributed by atoms with Crippen LogP contribution < -0.4 is 5.73 Å². The number of aromatic nitrogens is 2. The number of nitrogens with zero attached hydrogens (tertiary/aromatic N) is 1. The molecule has 1 aromatic carbocycles. The summed E-state index contributed by atoms with van der Waals surface area (Å²) in [4.78, 5) is 7.21. The van der Waals surface area contributed by atoms with E-state index >= 15 is 0 Å². The molecule has 0 fully saturated rings. The third kappa shape index (κ3) is 2.06. The normalized spacial score (nSPS) is 12.7. The minimum absolute atomic E-state index is 0.109. The number of rotatable bonds is 3. The van der Waals surface area contributed by atoms with E-state index in [-0.39, 0.29) is 6.61 Å². The minimum atomic E-state index is -0.442. The van der Waals surface area contributed by atoms with E-state index in [1.165, 1.54) is 0 Å². The monoisotopic (exact) mass is 203 g/mol. The van der Waals surface area contributed by atoms with Crippen molar-refractivity contribution in [2.24, 2.45) is 5.73 Å². The SMILES string of the molecule is NC(CO)c1ncc(-c2ccccc2)[nH]1. The summed E-state index contributed by atoms with van der Waals surface area (Å²) >= 11 is 0. The van der Waals surface area contributed by atoms with Crippen LogP contribution in [-0.2, 0) is 0 Å². The molecule has 1 aromatic heterocycles. The molecule has 0 aliphatic rings. The lowest BCUT2D eigenvalue weighted by molar-refractivity contribution is 0.264. The van der Waals surface area contributed by atoms with Crippen molar-refractivity contribution in [3.63, 3.8) is 0 Å². The van der Waals surface area contributed by atoms with Crippen molar-refractivity contribution < 1.29 is 5.11 Å². The van der Waals surface area contributed by atoms with Gasteiger partial charge in [-0.1, -0.05) is 30.3 Å². The molecule has 0 saturated carbocycles. The fourth-order valence-corrected chi connectivity index (χ4v) is 1.38.